The third-order valence-corrected chi connectivity index (χ3v) is 3.09. The molecule has 2 N–H and O–H groups in total. The van der Waals surface area contributed by atoms with Crippen molar-refractivity contribution in [3.8, 4) is 6.01 Å². The van der Waals surface area contributed by atoms with Crippen LogP contribution in [0.3, 0.4) is 0 Å². The molecule has 0 fully saturated rings. The monoisotopic (exact) mass is 327 g/mol. The molecule has 1 heterocycles. The SMILES string of the molecule is CNc1nc(Nc2ccc(Cl)c(Cl)c2)nc(OC(C)C)n1. The van der Waals surface area contributed by atoms with E-state index in [4.69, 9.17) is 27.9 Å². The van der Waals surface area contributed by atoms with E-state index in [1.54, 1.807) is 25.2 Å². The lowest BCUT2D eigenvalue weighted by atomic mass is 10.3. The van der Waals surface area contributed by atoms with Crippen LogP contribution in [0.1, 0.15) is 13.8 Å². The molecule has 0 unspecified atom stereocenters. The number of ether oxygens (including phenoxy) is 1. The molecule has 0 amide bonds. The summed E-state index contributed by atoms with van der Waals surface area (Å²) in [6.45, 7) is 3.80. The Bertz CT molecular complexity index is 636. The first-order valence-electron chi connectivity index (χ1n) is 6.30. The van der Waals surface area contributed by atoms with Gasteiger partial charge in [-0.2, -0.15) is 15.0 Å². The molecular weight excluding hydrogens is 313 g/mol. The Balaban J connectivity index is 2.27. The highest BCUT2D eigenvalue weighted by Crippen LogP contribution is 2.26. The maximum atomic E-state index is 5.98. The molecule has 0 aliphatic rings. The first kappa shape index (κ1) is 15.6. The quantitative estimate of drug-likeness (QED) is 0.871. The predicted molar refractivity (Wildman–Crippen MR) is 84.9 cm³/mol. The third-order valence-electron chi connectivity index (χ3n) is 2.36. The number of halogens is 2. The van der Waals surface area contributed by atoms with Gasteiger partial charge in [0.1, 0.15) is 0 Å². The van der Waals surface area contributed by atoms with Crippen LogP contribution >= 0.6 is 23.2 Å². The summed E-state index contributed by atoms with van der Waals surface area (Å²) >= 11 is 11.9. The minimum atomic E-state index is -0.0325. The molecular formula is C13H15Cl2N5O. The van der Waals surface area contributed by atoms with Gasteiger partial charge in [0.25, 0.3) is 0 Å². The standard InChI is InChI=1S/C13H15Cl2N5O/c1-7(2)21-13-19-11(16-3)18-12(20-13)17-8-4-5-9(14)10(15)6-8/h4-7H,1-3H3,(H2,16,17,18,19,20). The van der Waals surface area contributed by atoms with Crippen molar-refractivity contribution in [2.24, 2.45) is 0 Å². The molecule has 0 aliphatic carbocycles. The van der Waals surface area contributed by atoms with Crippen LogP contribution in [0.4, 0.5) is 17.6 Å². The largest absolute Gasteiger partial charge is 0.461 e. The highest BCUT2D eigenvalue weighted by Gasteiger charge is 2.09. The molecule has 2 aromatic rings. The summed E-state index contributed by atoms with van der Waals surface area (Å²) in [5, 5.41) is 6.82. The van der Waals surface area contributed by atoms with E-state index in [0.717, 1.165) is 0 Å². The lowest BCUT2D eigenvalue weighted by Gasteiger charge is -2.11. The van der Waals surface area contributed by atoms with Crippen molar-refractivity contribution in [1.29, 1.82) is 0 Å². The Labute approximate surface area is 132 Å². The van der Waals surface area contributed by atoms with Crippen molar-refractivity contribution >= 4 is 40.8 Å². The van der Waals surface area contributed by atoms with Gasteiger partial charge in [-0.25, -0.2) is 0 Å². The zero-order valence-electron chi connectivity index (χ0n) is 11.8. The van der Waals surface area contributed by atoms with Crippen LogP contribution in [0.5, 0.6) is 6.01 Å². The van der Waals surface area contributed by atoms with Gasteiger partial charge < -0.3 is 15.4 Å². The average Bonchev–Trinajstić information content (AvgIpc) is 2.42. The summed E-state index contributed by atoms with van der Waals surface area (Å²) in [4.78, 5) is 12.5. The van der Waals surface area contributed by atoms with Crippen molar-refractivity contribution < 1.29 is 4.74 Å². The highest BCUT2D eigenvalue weighted by atomic mass is 35.5. The van der Waals surface area contributed by atoms with Gasteiger partial charge in [0, 0.05) is 12.7 Å². The second-order valence-electron chi connectivity index (χ2n) is 4.44. The Morgan fingerprint density at radius 2 is 1.76 bits per heavy atom. The average molecular weight is 328 g/mol. The number of rotatable bonds is 5. The van der Waals surface area contributed by atoms with Crippen LogP contribution in [0.2, 0.25) is 10.0 Å². The van der Waals surface area contributed by atoms with Gasteiger partial charge >= 0.3 is 6.01 Å². The normalized spacial score (nSPS) is 10.6. The van der Waals surface area contributed by atoms with Gasteiger partial charge in [0.2, 0.25) is 11.9 Å². The smallest absolute Gasteiger partial charge is 0.323 e. The number of benzene rings is 1. The van der Waals surface area contributed by atoms with Gasteiger partial charge in [-0.15, -0.1) is 0 Å². The summed E-state index contributed by atoms with van der Waals surface area (Å²) in [5.74, 6) is 0.756. The van der Waals surface area contributed by atoms with Gasteiger partial charge in [-0.3, -0.25) is 0 Å². The van der Waals surface area contributed by atoms with Crippen molar-refractivity contribution in [3.05, 3.63) is 28.2 Å². The molecule has 0 radical (unpaired) electrons. The second-order valence-corrected chi connectivity index (χ2v) is 5.25. The third kappa shape index (κ3) is 4.34. The summed E-state index contributed by atoms with van der Waals surface area (Å²) in [6, 6.07) is 5.40. The summed E-state index contributed by atoms with van der Waals surface area (Å²) in [5.41, 5.74) is 0.716. The fourth-order valence-electron chi connectivity index (χ4n) is 1.49. The Morgan fingerprint density at radius 3 is 2.38 bits per heavy atom. The molecule has 0 aliphatic heterocycles. The van der Waals surface area contributed by atoms with E-state index in [1.807, 2.05) is 13.8 Å². The van der Waals surface area contributed by atoms with Crippen molar-refractivity contribution in [1.82, 2.24) is 15.0 Å². The highest BCUT2D eigenvalue weighted by molar-refractivity contribution is 6.42. The van der Waals surface area contributed by atoms with E-state index in [1.165, 1.54) is 0 Å². The maximum absolute atomic E-state index is 5.98. The number of aromatic nitrogens is 3. The second kappa shape index (κ2) is 6.78. The number of nitrogens with zero attached hydrogens (tertiary/aromatic N) is 3. The molecule has 2 rings (SSSR count). The van der Waals surface area contributed by atoms with Crippen LogP contribution in [0, 0.1) is 0 Å². The molecule has 21 heavy (non-hydrogen) atoms. The van der Waals surface area contributed by atoms with E-state index in [2.05, 4.69) is 25.6 Å². The maximum Gasteiger partial charge on any atom is 0.323 e. The fourth-order valence-corrected chi connectivity index (χ4v) is 1.79. The van der Waals surface area contributed by atoms with Crippen molar-refractivity contribution in [2.75, 3.05) is 17.7 Å². The zero-order chi connectivity index (χ0) is 15.4. The number of nitrogens with one attached hydrogen (secondary N) is 2. The Kier molecular flexibility index (Phi) is 5.03. The van der Waals surface area contributed by atoms with Crippen LogP contribution in [-0.4, -0.2) is 28.1 Å². The fraction of sp³-hybridized carbons (Fsp3) is 0.308. The molecule has 1 aromatic carbocycles. The van der Waals surface area contributed by atoms with Gasteiger partial charge in [0.05, 0.1) is 16.1 Å². The summed E-state index contributed by atoms with van der Waals surface area (Å²) < 4.78 is 5.49. The molecule has 0 spiro atoms. The number of hydrogen-bond donors (Lipinski definition) is 2. The van der Waals surface area contributed by atoms with Crippen molar-refractivity contribution in [3.63, 3.8) is 0 Å². The summed E-state index contributed by atoms with van der Waals surface area (Å²) in [6.07, 6.45) is -0.0325. The molecule has 8 heteroatoms. The minimum absolute atomic E-state index is 0.0325. The number of hydrogen-bond acceptors (Lipinski definition) is 6. The topological polar surface area (TPSA) is 72.0 Å². The molecule has 0 bridgehead atoms. The van der Waals surface area contributed by atoms with E-state index < -0.39 is 0 Å². The Hall–Kier alpha value is -1.79. The van der Waals surface area contributed by atoms with Crippen LogP contribution in [-0.2, 0) is 0 Å². The lowest BCUT2D eigenvalue weighted by Crippen LogP contribution is -2.11. The lowest BCUT2D eigenvalue weighted by molar-refractivity contribution is 0.222. The Morgan fingerprint density at radius 1 is 1.05 bits per heavy atom. The van der Waals surface area contributed by atoms with Gasteiger partial charge in [-0.05, 0) is 32.0 Å². The molecule has 1 aromatic heterocycles. The zero-order valence-corrected chi connectivity index (χ0v) is 13.3. The van der Waals surface area contributed by atoms with Gasteiger partial charge in [0.15, 0.2) is 0 Å². The van der Waals surface area contributed by atoms with E-state index in [-0.39, 0.29) is 12.1 Å². The minimum Gasteiger partial charge on any atom is -0.461 e. The van der Waals surface area contributed by atoms with E-state index in [0.29, 0.717) is 27.6 Å². The van der Waals surface area contributed by atoms with E-state index in [9.17, 15) is 0 Å². The van der Waals surface area contributed by atoms with Gasteiger partial charge in [-0.1, -0.05) is 23.2 Å². The van der Waals surface area contributed by atoms with E-state index >= 15 is 0 Å². The molecule has 0 saturated carbocycles. The molecule has 0 atom stereocenters. The summed E-state index contributed by atoms with van der Waals surface area (Å²) in [7, 11) is 1.72. The van der Waals surface area contributed by atoms with Crippen LogP contribution in [0.15, 0.2) is 18.2 Å². The first-order valence-corrected chi connectivity index (χ1v) is 7.06. The molecule has 6 nitrogen and oxygen atoms in total. The molecule has 0 saturated heterocycles. The van der Waals surface area contributed by atoms with Crippen LogP contribution in [0.25, 0.3) is 0 Å². The number of anilines is 3. The molecule has 112 valence electrons. The predicted octanol–water partition coefficient (Wildman–Crippen LogP) is 3.75. The van der Waals surface area contributed by atoms with Crippen molar-refractivity contribution in [2.45, 2.75) is 20.0 Å². The first-order chi connectivity index (χ1) is 9.97. The van der Waals surface area contributed by atoms with Crippen LogP contribution < -0.4 is 15.4 Å².